The van der Waals surface area contributed by atoms with E-state index in [9.17, 15) is 32.9 Å². The lowest BCUT2D eigenvalue weighted by Crippen LogP contribution is -2.36. The number of benzene rings is 2. The normalized spacial score (nSPS) is 13.6. The summed E-state index contributed by atoms with van der Waals surface area (Å²) < 4.78 is 43.5. The van der Waals surface area contributed by atoms with E-state index in [1.807, 2.05) is 4.90 Å². The van der Waals surface area contributed by atoms with Crippen LogP contribution in [0.4, 0.5) is 24.5 Å². The molecule has 0 spiro atoms. The minimum absolute atomic E-state index is 0.00847. The van der Waals surface area contributed by atoms with Gasteiger partial charge in [-0.25, -0.2) is 0 Å². The van der Waals surface area contributed by atoms with Crippen molar-refractivity contribution in [1.82, 2.24) is 4.90 Å². The van der Waals surface area contributed by atoms with Gasteiger partial charge in [-0.15, -0.1) is 0 Å². The fraction of sp³-hybridized carbons (Fsp3) is 0.391. The van der Waals surface area contributed by atoms with Gasteiger partial charge in [0.25, 0.3) is 11.6 Å². The lowest BCUT2D eigenvalue weighted by atomic mass is 10.1. The summed E-state index contributed by atoms with van der Waals surface area (Å²) in [7, 11) is 0. The first kappa shape index (κ1) is 25.0. The Kier molecular flexibility index (Phi) is 7.75. The van der Waals surface area contributed by atoms with E-state index in [1.165, 1.54) is 30.3 Å². The summed E-state index contributed by atoms with van der Waals surface area (Å²) in [6.45, 7) is 2.39. The third kappa shape index (κ3) is 6.03. The number of amides is 1. The highest BCUT2D eigenvalue weighted by molar-refractivity contribution is 5.97. The van der Waals surface area contributed by atoms with Crippen molar-refractivity contribution >= 4 is 23.3 Å². The largest absolute Gasteiger partial charge is 0.465 e. The maximum Gasteiger partial charge on any atom is 0.416 e. The Morgan fingerprint density at radius 2 is 1.76 bits per heavy atom. The van der Waals surface area contributed by atoms with Gasteiger partial charge in [0.15, 0.2) is 0 Å². The van der Waals surface area contributed by atoms with E-state index in [2.05, 4.69) is 0 Å². The molecule has 0 radical (unpaired) electrons. The summed E-state index contributed by atoms with van der Waals surface area (Å²) in [5.41, 5.74) is -0.301. The first-order chi connectivity index (χ1) is 16.1. The highest BCUT2D eigenvalue weighted by Gasteiger charge is 2.30. The molecule has 0 aliphatic carbocycles. The first-order valence-corrected chi connectivity index (χ1v) is 10.7. The van der Waals surface area contributed by atoms with Crippen molar-refractivity contribution in [2.75, 3.05) is 31.1 Å². The summed E-state index contributed by atoms with van der Waals surface area (Å²) in [6.07, 6.45) is -2.68. The van der Waals surface area contributed by atoms with Crippen LogP contribution >= 0.6 is 0 Å². The van der Waals surface area contributed by atoms with Crippen molar-refractivity contribution in [3.63, 3.8) is 0 Å². The molecule has 182 valence electrons. The number of hydrogen-bond acceptors (Lipinski definition) is 6. The number of esters is 1. The first-order valence-electron chi connectivity index (χ1n) is 10.7. The van der Waals surface area contributed by atoms with Crippen LogP contribution < -0.4 is 4.90 Å². The van der Waals surface area contributed by atoms with Crippen LogP contribution in [0, 0.1) is 10.1 Å². The number of rotatable bonds is 8. The second kappa shape index (κ2) is 10.5. The zero-order valence-electron chi connectivity index (χ0n) is 18.5. The molecule has 8 nitrogen and oxygen atoms in total. The third-order valence-electron chi connectivity index (χ3n) is 5.43. The molecule has 0 saturated carbocycles. The summed E-state index contributed by atoms with van der Waals surface area (Å²) in [5, 5.41) is 11.7. The van der Waals surface area contributed by atoms with Crippen LogP contribution in [0.25, 0.3) is 0 Å². The minimum Gasteiger partial charge on any atom is -0.465 e. The quantitative estimate of drug-likeness (QED) is 0.316. The summed E-state index contributed by atoms with van der Waals surface area (Å²) in [6, 6.07) is 8.34. The molecule has 11 heteroatoms. The van der Waals surface area contributed by atoms with Gasteiger partial charge in [-0.05, 0) is 49.6 Å². The highest BCUT2D eigenvalue weighted by atomic mass is 19.4. The van der Waals surface area contributed by atoms with E-state index < -0.39 is 35.1 Å². The molecule has 1 aliphatic rings. The molecule has 3 rings (SSSR count). The second-order valence-electron chi connectivity index (χ2n) is 7.82. The van der Waals surface area contributed by atoms with E-state index in [1.54, 1.807) is 6.92 Å². The highest BCUT2D eigenvalue weighted by Crippen LogP contribution is 2.32. The molecule has 34 heavy (non-hydrogen) atoms. The number of nitrogens with zero attached hydrogens (tertiary/aromatic N) is 3. The Morgan fingerprint density at radius 3 is 2.32 bits per heavy atom. The predicted octanol–water partition coefficient (Wildman–Crippen LogP) is 4.42. The fourth-order valence-electron chi connectivity index (χ4n) is 3.79. The van der Waals surface area contributed by atoms with Gasteiger partial charge >= 0.3 is 12.1 Å². The number of carbonyl (C=O) groups excluding carboxylic acids is 2. The fourth-order valence-corrected chi connectivity index (χ4v) is 3.79. The maximum absolute atomic E-state index is 13.2. The van der Waals surface area contributed by atoms with Gasteiger partial charge < -0.3 is 14.5 Å². The Labute approximate surface area is 194 Å². The molecular formula is C23H24F3N3O5. The van der Waals surface area contributed by atoms with E-state index in [-0.39, 0.29) is 24.4 Å². The molecule has 1 fully saturated rings. The van der Waals surface area contributed by atoms with Gasteiger partial charge in [0.2, 0.25) is 0 Å². The van der Waals surface area contributed by atoms with Crippen LogP contribution in [0.2, 0.25) is 0 Å². The van der Waals surface area contributed by atoms with Gasteiger partial charge in [0, 0.05) is 31.3 Å². The SMILES string of the molecule is CCOC(=O)CN(Cc1ccc(C(F)(F)F)cc1)C(=O)c1ccc(N2CCCC2)c([N+](=O)[O-])c1. The van der Waals surface area contributed by atoms with Gasteiger partial charge in [-0.3, -0.25) is 19.7 Å². The number of nitro benzene ring substituents is 1. The van der Waals surface area contributed by atoms with Crippen molar-refractivity contribution in [2.45, 2.75) is 32.5 Å². The smallest absolute Gasteiger partial charge is 0.416 e. The van der Waals surface area contributed by atoms with Crippen molar-refractivity contribution in [3.05, 3.63) is 69.3 Å². The number of hydrogen-bond donors (Lipinski definition) is 0. The molecule has 1 aliphatic heterocycles. The molecule has 2 aromatic rings. The summed E-state index contributed by atoms with van der Waals surface area (Å²) >= 11 is 0. The Hall–Kier alpha value is -3.63. The van der Waals surface area contributed by atoms with E-state index in [0.717, 1.165) is 29.9 Å². The monoisotopic (exact) mass is 479 g/mol. The Morgan fingerprint density at radius 1 is 1.12 bits per heavy atom. The van der Waals surface area contributed by atoms with Crippen LogP contribution in [-0.2, 0) is 22.3 Å². The van der Waals surface area contributed by atoms with Crippen molar-refractivity contribution < 1.29 is 32.4 Å². The van der Waals surface area contributed by atoms with E-state index in [4.69, 9.17) is 4.74 Å². The lowest BCUT2D eigenvalue weighted by Gasteiger charge is -2.23. The van der Waals surface area contributed by atoms with Crippen molar-refractivity contribution in [3.8, 4) is 0 Å². The number of nitro groups is 1. The van der Waals surface area contributed by atoms with Gasteiger partial charge in [0.05, 0.1) is 17.1 Å². The van der Waals surface area contributed by atoms with Crippen LogP contribution in [0.15, 0.2) is 42.5 Å². The van der Waals surface area contributed by atoms with Gasteiger partial charge in [0.1, 0.15) is 12.2 Å². The van der Waals surface area contributed by atoms with E-state index in [0.29, 0.717) is 24.3 Å². The third-order valence-corrected chi connectivity index (χ3v) is 5.43. The van der Waals surface area contributed by atoms with Crippen molar-refractivity contribution in [1.29, 1.82) is 0 Å². The molecule has 0 N–H and O–H groups in total. The lowest BCUT2D eigenvalue weighted by molar-refractivity contribution is -0.384. The topological polar surface area (TPSA) is 93.0 Å². The molecule has 1 saturated heterocycles. The predicted molar refractivity (Wildman–Crippen MR) is 117 cm³/mol. The average molecular weight is 479 g/mol. The molecular weight excluding hydrogens is 455 g/mol. The maximum atomic E-state index is 13.2. The summed E-state index contributed by atoms with van der Waals surface area (Å²) in [5.74, 6) is -1.38. The molecule has 1 amide bonds. The second-order valence-corrected chi connectivity index (χ2v) is 7.82. The van der Waals surface area contributed by atoms with Gasteiger partial charge in [-0.1, -0.05) is 12.1 Å². The number of halogens is 3. The summed E-state index contributed by atoms with van der Waals surface area (Å²) in [4.78, 5) is 39.4. The van der Waals surface area contributed by atoms with Crippen molar-refractivity contribution in [2.24, 2.45) is 0 Å². The molecule has 0 atom stereocenters. The van der Waals surface area contributed by atoms with Crippen LogP contribution in [-0.4, -0.2) is 47.9 Å². The average Bonchev–Trinajstić information content (AvgIpc) is 3.32. The van der Waals surface area contributed by atoms with Crippen LogP contribution in [0.5, 0.6) is 0 Å². The minimum atomic E-state index is -4.50. The molecule has 0 unspecified atom stereocenters. The molecule has 2 aromatic carbocycles. The molecule has 1 heterocycles. The van der Waals surface area contributed by atoms with Crippen LogP contribution in [0.1, 0.15) is 41.3 Å². The number of ether oxygens (including phenoxy) is 1. The van der Waals surface area contributed by atoms with Crippen LogP contribution in [0.3, 0.4) is 0 Å². The zero-order valence-corrected chi connectivity index (χ0v) is 18.5. The Bertz CT molecular complexity index is 1050. The molecule has 0 bridgehead atoms. The standard InChI is InChI=1S/C23H24F3N3O5/c1-2-34-21(30)15-28(14-16-5-8-18(9-6-16)23(24,25)26)22(31)17-7-10-19(20(13-17)29(32)33)27-11-3-4-12-27/h5-10,13H,2-4,11-12,14-15H2,1H3. The Balaban J connectivity index is 1.89. The number of alkyl halides is 3. The zero-order chi connectivity index (χ0) is 24.9. The van der Waals surface area contributed by atoms with E-state index >= 15 is 0 Å². The van der Waals surface area contributed by atoms with Gasteiger partial charge in [-0.2, -0.15) is 13.2 Å². The molecule has 0 aromatic heterocycles. The number of anilines is 1. The number of carbonyl (C=O) groups is 2.